The smallest absolute Gasteiger partial charge is 0.230 e. The van der Waals surface area contributed by atoms with Crippen LogP contribution in [0.2, 0.25) is 0 Å². The van der Waals surface area contributed by atoms with Crippen molar-refractivity contribution in [3.63, 3.8) is 0 Å². The largest absolute Gasteiger partial charge is 0.385 e. The van der Waals surface area contributed by atoms with Gasteiger partial charge in [0.2, 0.25) is 5.91 Å². The number of aryl methyl sites for hydroxylation is 1. The van der Waals surface area contributed by atoms with Gasteiger partial charge in [-0.15, -0.1) is 10.2 Å². The summed E-state index contributed by atoms with van der Waals surface area (Å²) in [6.07, 6.45) is 0.815. The number of thioether (sulfide) groups is 1. The maximum absolute atomic E-state index is 11.6. The molecular formula is C11H21N5O2S. The van der Waals surface area contributed by atoms with Crippen LogP contribution in [0, 0.1) is 6.92 Å². The van der Waals surface area contributed by atoms with Crippen LogP contribution in [0.15, 0.2) is 5.16 Å². The molecule has 0 saturated carbocycles. The summed E-state index contributed by atoms with van der Waals surface area (Å²) in [4.78, 5) is 11.6. The molecule has 1 rings (SSSR count). The van der Waals surface area contributed by atoms with Crippen molar-refractivity contribution in [1.82, 2.24) is 20.1 Å². The molecule has 0 bridgehead atoms. The lowest BCUT2D eigenvalue weighted by Crippen LogP contribution is -2.27. The van der Waals surface area contributed by atoms with Crippen LogP contribution in [-0.2, 0) is 16.1 Å². The molecule has 0 radical (unpaired) electrons. The molecule has 0 aliphatic heterocycles. The molecule has 1 aromatic rings. The molecule has 0 aromatic carbocycles. The van der Waals surface area contributed by atoms with Gasteiger partial charge in [-0.1, -0.05) is 11.8 Å². The Kier molecular flexibility index (Phi) is 7.46. The van der Waals surface area contributed by atoms with Gasteiger partial charge < -0.3 is 20.4 Å². The fourth-order valence-electron chi connectivity index (χ4n) is 1.48. The van der Waals surface area contributed by atoms with E-state index < -0.39 is 0 Å². The fraction of sp³-hybridized carbons (Fsp3) is 0.727. The van der Waals surface area contributed by atoms with Crippen LogP contribution in [0.1, 0.15) is 12.2 Å². The molecule has 19 heavy (non-hydrogen) atoms. The second-order valence-corrected chi connectivity index (χ2v) is 4.90. The molecule has 0 fully saturated rings. The number of methoxy groups -OCH3 is 1. The van der Waals surface area contributed by atoms with Gasteiger partial charge in [0.05, 0.1) is 5.75 Å². The Morgan fingerprint density at radius 3 is 3.00 bits per heavy atom. The van der Waals surface area contributed by atoms with Crippen LogP contribution < -0.4 is 11.1 Å². The van der Waals surface area contributed by atoms with E-state index in [0.29, 0.717) is 32.0 Å². The average Bonchev–Trinajstić information content (AvgIpc) is 2.74. The Bertz CT molecular complexity index is 396. The first kappa shape index (κ1) is 15.9. The highest BCUT2D eigenvalue weighted by Gasteiger charge is 2.10. The predicted octanol–water partition coefficient (Wildman–Crippen LogP) is -0.210. The van der Waals surface area contributed by atoms with Crippen LogP contribution in [-0.4, -0.2) is 53.2 Å². The average molecular weight is 287 g/mol. The van der Waals surface area contributed by atoms with E-state index in [2.05, 4.69) is 15.5 Å². The van der Waals surface area contributed by atoms with Crippen molar-refractivity contribution in [2.45, 2.75) is 25.0 Å². The van der Waals surface area contributed by atoms with Gasteiger partial charge in [0.1, 0.15) is 5.82 Å². The molecule has 3 N–H and O–H groups in total. The first-order chi connectivity index (χ1) is 9.19. The molecule has 0 atom stereocenters. The molecule has 1 aromatic heterocycles. The van der Waals surface area contributed by atoms with Crippen LogP contribution in [0.5, 0.6) is 0 Å². The summed E-state index contributed by atoms with van der Waals surface area (Å²) in [6, 6.07) is 0. The summed E-state index contributed by atoms with van der Waals surface area (Å²) < 4.78 is 6.83. The third kappa shape index (κ3) is 5.58. The van der Waals surface area contributed by atoms with Crippen molar-refractivity contribution >= 4 is 17.7 Å². The van der Waals surface area contributed by atoms with Gasteiger partial charge in [-0.25, -0.2) is 0 Å². The van der Waals surface area contributed by atoms with E-state index in [9.17, 15) is 4.79 Å². The number of carbonyl (C=O) groups excluding carboxylic acids is 1. The van der Waals surface area contributed by atoms with E-state index in [-0.39, 0.29) is 5.91 Å². The number of carbonyl (C=O) groups is 1. The number of ether oxygens (including phenoxy) is 1. The number of amides is 1. The summed E-state index contributed by atoms with van der Waals surface area (Å²) in [6.45, 7) is 4.34. The zero-order valence-corrected chi connectivity index (χ0v) is 12.2. The number of rotatable bonds is 9. The second-order valence-electron chi connectivity index (χ2n) is 3.96. The molecule has 0 unspecified atom stereocenters. The molecule has 8 heteroatoms. The normalized spacial score (nSPS) is 10.7. The van der Waals surface area contributed by atoms with E-state index in [1.54, 1.807) is 7.11 Å². The minimum absolute atomic E-state index is 0.0129. The van der Waals surface area contributed by atoms with Crippen molar-refractivity contribution in [3.8, 4) is 0 Å². The van der Waals surface area contributed by atoms with Crippen LogP contribution >= 0.6 is 11.8 Å². The summed E-state index contributed by atoms with van der Waals surface area (Å²) in [5, 5.41) is 11.6. The molecule has 1 amide bonds. The lowest BCUT2D eigenvalue weighted by atomic mass is 10.4. The minimum Gasteiger partial charge on any atom is -0.385 e. The number of hydrogen-bond acceptors (Lipinski definition) is 6. The topological polar surface area (TPSA) is 95.1 Å². The lowest BCUT2D eigenvalue weighted by molar-refractivity contribution is -0.118. The second kappa shape index (κ2) is 8.89. The minimum atomic E-state index is -0.0129. The molecule has 7 nitrogen and oxygen atoms in total. The Labute approximate surface area is 117 Å². The van der Waals surface area contributed by atoms with Crippen molar-refractivity contribution in [2.75, 3.05) is 32.6 Å². The Morgan fingerprint density at radius 1 is 1.53 bits per heavy atom. The summed E-state index contributed by atoms with van der Waals surface area (Å²) in [7, 11) is 1.64. The van der Waals surface area contributed by atoms with Crippen molar-refractivity contribution in [3.05, 3.63) is 5.82 Å². The first-order valence-corrected chi connectivity index (χ1v) is 7.16. The van der Waals surface area contributed by atoms with Gasteiger partial charge >= 0.3 is 0 Å². The Hall–Kier alpha value is -1.12. The molecular weight excluding hydrogens is 266 g/mol. The lowest BCUT2D eigenvalue weighted by Gasteiger charge is -2.07. The van der Waals surface area contributed by atoms with Crippen molar-refractivity contribution in [1.29, 1.82) is 0 Å². The highest BCUT2D eigenvalue weighted by Crippen LogP contribution is 2.15. The number of nitrogens with two attached hydrogens (primary N) is 1. The van der Waals surface area contributed by atoms with Gasteiger partial charge in [0.15, 0.2) is 5.16 Å². The van der Waals surface area contributed by atoms with Gasteiger partial charge in [0.25, 0.3) is 0 Å². The van der Waals surface area contributed by atoms with Gasteiger partial charge in [-0.2, -0.15) is 0 Å². The summed E-state index contributed by atoms with van der Waals surface area (Å²) in [5.41, 5.74) is 5.53. The number of hydrogen-bond donors (Lipinski definition) is 2. The quantitative estimate of drug-likeness (QED) is 0.482. The first-order valence-electron chi connectivity index (χ1n) is 6.17. The third-order valence-electron chi connectivity index (χ3n) is 2.43. The van der Waals surface area contributed by atoms with Gasteiger partial charge in [-0.3, -0.25) is 4.79 Å². The number of nitrogens with one attached hydrogen (secondary N) is 1. The fourth-order valence-corrected chi connectivity index (χ4v) is 2.32. The summed E-state index contributed by atoms with van der Waals surface area (Å²) >= 11 is 1.37. The molecule has 0 aliphatic rings. The van der Waals surface area contributed by atoms with Gasteiger partial charge in [0, 0.05) is 33.4 Å². The third-order valence-corrected chi connectivity index (χ3v) is 3.40. The SMILES string of the molecule is COCCCNC(=O)CSc1nnc(C)n1CCN. The van der Waals surface area contributed by atoms with Crippen LogP contribution in [0.25, 0.3) is 0 Å². The molecule has 0 aliphatic carbocycles. The predicted molar refractivity (Wildman–Crippen MR) is 74.0 cm³/mol. The Morgan fingerprint density at radius 2 is 2.32 bits per heavy atom. The van der Waals surface area contributed by atoms with E-state index in [1.807, 2.05) is 11.5 Å². The highest BCUT2D eigenvalue weighted by molar-refractivity contribution is 7.99. The number of nitrogens with zero attached hydrogens (tertiary/aromatic N) is 3. The van der Waals surface area contributed by atoms with Gasteiger partial charge in [-0.05, 0) is 13.3 Å². The van der Waals surface area contributed by atoms with E-state index in [4.69, 9.17) is 10.5 Å². The van der Waals surface area contributed by atoms with E-state index in [0.717, 1.165) is 17.4 Å². The standard InChI is InChI=1S/C11H21N5O2S/c1-9-14-15-11(16(9)6-4-12)19-8-10(17)13-5-3-7-18-2/h3-8,12H2,1-2H3,(H,13,17). The van der Waals surface area contributed by atoms with Crippen LogP contribution in [0.3, 0.4) is 0 Å². The zero-order chi connectivity index (χ0) is 14.1. The van der Waals surface area contributed by atoms with Crippen LogP contribution in [0.4, 0.5) is 0 Å². The maximum Gasteiger partial charge on any atom is 0.230 e. The maximum atomic E-state index is 11.6. The summed E-state index contributed by atoms with van der Waals surface area (Å²) in [5.74, 6) is 1.13. The molecule has 0 saturated heterocycles. The van der Waals surface area contributed by atoms with E-state index >= 15 is 0 Å². The molecule has 1 heterocycles. The zero-order valence-electron chi connectivity index (χ0n) is 11.4. The Balaban J connectivity index is 2.33. The van der Waals surface area contributed by atoms with Crippen molar-refractivity contribution < 1.29 is 9.53 Å². The molecule has 0 spiro atoms. The van der Waals surface area contributed by atoms with Crippen molar-refractivity contribution in [2.24, 2.45) is 5.73 Å². The van der Waals surface area contributed by atoms with E-state index in [1.165, 1.54) is 11.8 Å². The monoisotopic (exact) mass is 287 g/mol. The highest BCUT2D eigenvalue weighted by atomic mass is 32.2. The molecule has 108 valence electrons. The number of aromatic nitrogens is 3.